The number of likely N-dealkylation sites (tertiary alicyclic amines) is 2. The highest BCUT2D eigenvalue weighted by Gasteiger charge is 2.31. The van der Waals surface area contributed by atoms with Crippen LogP contribution in [0.25, 0.3) is 0 Å². The van der Waals surface area contributed by atoms with E-state index < -0.39 is 10.7 Å². The van der Waals surface area contributed by atoms with E-state index in [1.165, 1.54) is 77.2 Å². The maximum atomic E-state index is 11.0. The van der Waals surface area contributed by atoms with Gasteiger partial charge in [0.2, 0.25) is 0 Å². The van der Waals surface area contributed by atoms with E-state index in [4.69, 9.17) is 29.5 Å². The molecule has 2 heterocycles. The lowest BCUT2D eigenvalue weighted by molar-refractivity contribution is -0.138. The van der Waals surface area contributed by atoms with Crippen LogP contribution in [0.5, 0.6) is 0 Å². The maximum absolute atomic E-state index is 11.0. The molecule has 31 heavy (non-hydrogen) atoms. The van der Waals surface area contributed by atoms with Gasteiger partial charge in [0.05, 0.1) is 4.99 Å². The number of carboxylic acid groups (broad SMARTS) is 1. The van der Waals surface area contributed by atoms with E-state index in [2.05, 4.69) is 9.80 Å². The Balaban J connectivity index is 0. The summed E-state index contributed by atoms with van der Waals surface area (Å²) in [6, 6.07) is 0. The fourth-order valence-electron chi connectivity index (χ4n) is 2.97. The van der Waals surface area contributed by atoms with Crippen molar-refractivity contribution in [3.05, 3.63) is 0 Å². The van der Waals surface area contributed by atoms with Crippen LogP contribution in [0.4, 0.5) is 0 Å². The number of carbonyl (C=O) groups excluding carboxylic acids is 1. The zero-order valence-corrected chi connectivity index (χ0v) is 23.0. The highest BCUT2D eigenvalue weighted by atomic mass is 35.5. The number of aliphatic carboxylic acids is 1. The maximum Gasteiger partial charge on any atom is 0.319 e. The van der Waals surface area contributed by atoms with Crippen molar-refractivity contribution in [3.63, 3.8) is 0 Å². The Kier molecular flexibility index (Phi) is 19.0. The van der Waals surface area contributed by atoms with E-state index in [9.17, 15) is 9.59 Å². The fraction of sp³-hybridized carbons (Fsp3) is 0.818. The van der Waals surface area contributed by atoms with E-state index in [0.29, 0.717) is 0 Å². The van der Waals surface area contributed by atoms with Gasteiger partial charge < -0.3 is 19.7 Å². The Hall–Kier alpha value is -0.440. The molecular weight excluding hydrogens is 472 g/mol. The molecule has 0 aromatic rings. The molecular formula is C22H41ClN2O3S3. The molecule has 0 amide bonds. The first-order valence-electron chi connectivity index (χ1n) is 10.9. The standard InChI is InChI=1S/C11H19NO2S2.C8H15NS.C3H6O.ClH/c1-11(2,9(13)14)16-10(15)12-7-5-3-4-6-8-12;1-8(10)9-6-4-2-3-5-7-9;1-3(2)4;/h3-8H2,1-2H3,(H,13,14);2-7H2,1H3;1-2H3;1H. The van der Waals surface area contributed by atoms with Crippen LogP contribution in [-0.2, 0) is 9.59 Å². The van der Waals surface area contributed by atoms with Crippen LogP contribution in [0.2, 0.25) is 0 Å². The van der Waals surface area contributed by atoms with Crippen molar-refractivity contribution in [2.75, 3.05) is 26.2 Å². The molecule has 182 valence electrons. The molecule has 0 aliphatic carbocycles. The first-order chi connectivity index (χ1) is 14.0. The minimum absolute atomic E-state index is 0. The van der Waals surface area contributed by atoms with Gasteiger partial charge in [0.25, 0.3) is 0 Å². The number of Topliss-reactive ketones (excluding diaryl/α,β-unsaturated/α-hetero) is 1. The minimum atomic E-state index is -0.830. The van der Waals surface area contributed by atoms with Crippen molar-refractivity contribution < 1.29 is 14.7 Å². The van der Waals surface area contributed by atoms with Crippen LogP contribution in [0, 0.1) is 0 Å². The van der Waals surface area contributed by atoms with Crippen molar-refractivity contribution in [1.29, 1.82) is 0 Å². The summed E-state index contributed by atoms with van der Waals surface area (Å²) in [4.78, 5) is 26.0. The van der Waals surface area contributed by atoms with Gasteiger partial charge in [-0.3, -0.25) is 4.79 Å². The summed E-state index contributed by atoms with van der Waals surface area (Å²) < 4.78 is -0.0991. The van der Waals surface area contributed by atoms with E-state index in [0.717, 1.165) is 35.2 Å². The zero-order valence-electron chi connectivity index (χ0n) is 19.8. The first kappa shape index (κ1) is 32.7. The summed E-state index contributed by atoms with van der Waals surface area (Å²) in [5.74, 6) is -0.644. The van der Waals surface area contributed by atoms with Gasteiger partial charge in [-0.2, -0.15) is 0 Å². The SMILES string of the molecule is CC(=S)N1CCCCCC1.CC(C)(SC(=S)N1CCCCCC1)C(=O)O.CC(C)=O.Cl. The Morgan fingerprint density at radius 3 is 1.39 bits per heavy atom. The average Bonchev–Trinajstić information content (AvgIpc) is 3.07. The Morgan fingerprint density at radius 2 is 1.10 bits per heavy atom. The second kappa shape index (κ2) is 18.0. The highest BCUT2D eigenvalue weighted by Crippen LogP contribution is 2.28. The molecule has 2 aliphatic heterocycles. The van der Waals surface area contributed by atoms with Crippen molar-refractivity contribution in [2.24, 2.45) is 0 Å². The number of thiocarbonyl (C=S) groups is 2. The number of carboxylic acids is 1. The normalized spacial score (nSPS) is 16.7. The van der Waals surface area contributed by atoms with Crippen LogP contribution in [-0.4, -0.2) is 66.9 Å². The highest BCUT2D eigenvalue weighted by molar-refractivity contribution is 8.24. The van der Waals surface area contributed by atoms with Crippen molar-refractivity contribution in [3.8, 4) is 0 Å². The summed E-state index contributed by atoms with van der Waals surface area (Å²) >= 11 is 11.7. The molecule has 1 N–H and O–H groups in total. The Morgan fingerprint density at radius 1 is 0.774 bits per heavy atom. The molecule has 2 fully saturated rings. The van der Waals surface area contributed by atoms with Gasteiger partial charge in [-0.25, -0.2) is 0 Å². The molecule has 0 aromatic heterocycles. The number of hydrogen-bond donors (Lipinski definition) is 1. The average molecular weight is 513 g/mol. The molecule has 0 unspecified atom stereocenters. The molecule has 0 aromatic carbocycles. The predicted octanol–water partition coefficient (Wildman–Crippen LogP) is 5.97. The van der Waals surface area contributed by atoms with Crippen molar-refractivity contribution in [2.45, 2.75) is 90.7 Å². The molecule has 0 atom stereocenters. The third-order valence-electron chi connectivity index (χ3n) is 4.77. The van der Waals surface area contributed by atoms with Crippen molar-refractivity contribution in [1.82, 2.24) is 9.80 Å². The Bertz CT molecular complexity index is 554. The van der Waals surface area contributed by atoms with Crippen molar-refractivity contribution >= 4 is 69.7 Å². The van der Waals surface area contributed by atoms with Crippen LogP contribution in [0.1, 0.15) is 86.0 Å². The lowest BCUT2D eigenvalue weighted by atomic mass is 10.2. The first-order valence-corrected chi connectivity index (χ1v) is 12.5. The molecule has 0 radical (unpaired) electrons. The number of carbonyl (C=O) groups is 2. The van der Waals surface area contributed by atoms with Gasteiger partial charge in [-0.05, 0) is 60.3 Å². The van der Waals surface area contributed by atoms with Crippen LogP contribution < -0.4 is 0 Å². The lowest BCUT2D eigenvalue weighted by Gasteiger charge is -2.27. The van der Waals surface area contributed by atoms with E-state index >= 15 is 0 Å². The second-order valence-corrected chi connectivity index (χ2v) is 11.3. The molecule has 2 rings (SSSR count). The summed E-state index contributed by atoms with van der Waals surface area (Å²) in [6.45, 7) is 12.8. The molecule has 0 bridgehead atoms. The summed E-state index contributed by atoms with van der Waals surface area (Å²) in [6.07, 6.45) is 10.3. The number of thioether (sulfide) groups is 1. The molecule has 0 spiro atoms. The van der Waals surface area contributed by atoms with Crippen LogP contribution in [0.15, 0.2) is 0 Å². The quantitative estimate of drug-likeness (QED) is 0.454. The molecule has 5 nitrogen and oxygen atoms in total. The molecule has 2 aliphatic rings. The van der Waals surface area contributed by atoms with Gasteiger partial charge in [-0.1, -0.05) is 61.9 Å². The van der Waals surface area contributed by atoms with E-state index in [-0.39, 0.29) is 18.2 Å². The monoisotopic (exact) mass is 512 g/mol. The lowest BCUT2D eigenvalue weighted by Crippen LogP contribution is -2.35. The third-order valence-corrected chi connectivity index (χ3v) is 6.66. The van der Waals surface area contributed by atoms with Gasteiger partial charge >= 0.3 is 5.97 Å². The number of hydrogen-bond acceptors (Lipinski definition) is 5. The molecule has 0 saturated carbocycles. The van der Waals surface area contributed by atoms with Gasteiger partial charge in [-0.15, -0.1) is 12.4 Å². The van der Waals surface area contributed by atoms with Gasteiger partial charge in [0.1, 0.15) is 14.9 Å². The Labute approximate surface area is 210 Å². The number of halogens is 1. The van der Waals surface area contributed by atoms with E-state index in [1.54, 1.807) is 13.8 Å². The summed E-state index contributed by atoms with van der Waals surface area (Å²) in [5, 5.41) is 9.05. The number of ketones is 1. The molecule has 2 saturated heterocycles. The largest absolute Gasteiger partial charge is 0.480 e. The minimum Gasteiger partial charge on any atom is -0.480 e. The van der Waals surface area contributed by atoms with E-state index in [1.807, 2.05) is 6.92 Å². The third kappa shape index (κ3) is 16.8. The number of nitrogens with zero attached hydrogens (tertiary/aromatic N) is 2. The van der Waals surface area contributed by atoms with Crippen LogP contribution >= 0.6 is 48.6 Å². The number of rotatable bonds is 2. The summed E-state index contributed by atoms with van der Waals surface area (Å²) in [5.41, 5.74) is 0. The molecule has 9 heteroatoms. The van der Waals surface area contributed by atoms with Crippen LogP contribution in [0.3, 0.4) is 0 Å². The summed E-state index contributed by atoms with van der Waals surface area (Å²) in [7, 11) is 0. The smallest absolute Gasteiger partial charge is 0.319 e. The zero-order chi connectivity index (χ0) is 23.2. The fourth-order valence-corrected chi connectivity index (χ4v) is 4.79. The predicted molar refractivity (Wildman–Crippen MR) is 144 cm³/mol. The topological polar surface area (TPSA) is 60.9 Å². The second-order valence-electron chi connectivity index (χ2n) is 8.41. The van der Waals surface area contributed by atoms with Gasteiger partial charge in [0, 0.05) is 26.2 Å². The van der Waals surface area contributed by atoms with Gasteiger partial charge in [0.15, 0.2) is 0 Å².